The van der Waals surface area contributed by atoms with Crippen molar-refractivity contribution in [3.63, 3.8) is 0 Å². The molecule has 8 heteroatoms. The second-order valence-corrected chi connectivity index (χ2v) is 7.31. The smallest absolute Gasteiger partial charge is 0.306 e. The maximum atomic E-state index is 11.3. The number of nitrogens with zero attached hydrogens (tertiary/aromatic N) is 1. The number of aliphatic hydroxyl groups excluding tert-OH is 1. The van der Waals surface area contributed by atoms with Crippen molar-refractivity contribution in [1.82, 2.24) is 0 Å². The molecule has 162 valence electrons. The van der Waals surface area contributed by atoms with Gasteiger partial charge in [0.1, 0.15) is 11.8 Å². The second-order valence-electron chi connectivity index (χ2n) is 7.31. The first-order chi connectivity index (χ1) is 13.8. The lowest BCUT2D eigenvalue weighted by Crippen LogP contribution is -2.41. The molecule has 0 aromatic heterocycles. The van der Waals surface area contributed by atoms with Crippen molar-refractivity contribution >= 4 is 5.97 Å². The number of carboxylic acids is 1. The average Bonchev–Trinajstić information content (AvgIpc) is 2.68. The van der Waals surface area contributed by atoms with Gasteiger partial charge in [0.2, 0.25) is 0 Å². The van der Waals surface area contributed by atoms with Crippen molar-refractivity contribution in [2.45, 2.75) is 45.4 Å². The molecule has 0 heterocycles. The van der Waals surface area contributed by atoms with E-state index in [1.54, 1.807) is 39.2 Å². The van der Waals surface area contributed by atoms with Gasteiger partial charge >= 0.3 is 5.97 Å². The zero-order valence-corrected chi connectivity index (χ0v) is 17.3. The van der Waals surface area contributed by atoms with Crippen LogP contribution in [0.2, 0.25) is 0 Å². The summed E-state index contributed by atoms with van der Waals surface area (Å²) < 4.78 is 16.2. The van der Waals surface area contributed by atoms with E-state index in [0.29, 0.717) is 30.9 Å². The predicted octanol–water partition coefficient (Wildman–Crippen LogP) is 1.93. The van der Waals surface area contributed by atoms with Gasteiger partial charge in [0.15, 0.2) is 0 Å². The Balaban J connectivity index is 2.55. The van der Waals surface area contributed by atoms with E-state index in [1.165, 1.54) is 0 Å². The van der Waals surface area contributed by atoms with Gasteiger partial charge in [-0.15, -0.1) is 0 Å². The topological polar surface area (TPSA) is 135 Å². The van der Waals surface area contributed by atoms with Crippen LogP contribution in [0.3, 0.4) is 0 Å². The largest absolute Gasteiger partial charge is 0.492 e. The van der Waals surface area contributed by atoms with Crippen LogP contribution in [0.4, 0.5) is 0 Å². The van der Waals surface area contributed by atoms with Crippen LogP contribution in [0.25, 0.3) is 0 Å². The van der Waals surface area contributed by atoms with E-state index < -0.39 is 24.0 Å². The quantitative estimate of drug-likeness (QED) is 0.397. The number of methoxy groups -OCH3 is 1. The van der Waals surface area contributed by atoms with E-state index in [4.69, 9.17) is 19.9 Å². The molecule has 0 saturated heterocycles. The molecule has 3 unspecified atom stereocenters. The molecule has 4 N–H and O–H groups in total. The minimum Gasteiger partial charge on any atom is -0.492 e. The lowest BCUT2D eigenvalue weighted by Gasteiger charge is -2.24. The van der Waals surface area contributed by atoms with Crippen LogP contribution in [-0.4, -0.2) is 55.3 Å². The highest BCUT2D eigenvalue weighted by Gasteiger charge is 2.27. The van der Waals surface area contributed by atoms with Crippen LogP contribution >= 0.6 is 0 Å². The molecule has 1 aromatic carbocycles. The number of hydrogen-bond donors (Lipinski definition) is 3. The van der Waals surface area contributed by atoms with Crippen LogP contribution in [0.5, 0.6) is 5.75 Å². The third-order valence-corrected chi connectivity index (χ3v) is 4.61. The van der Waals surface area contributed by atoms with Gasteiger partial charge < -0.3 is 30.2 Å². The summed E-state index contributed by atoms with van der Waals surface area (Å²) >= 11 is 0. The summed E-state index contributed by atoms with van der Waals surface area (Å²) in [6, 6.07) is 6.57. The zero-order chi connectivity index (χ0) is 21.8. The highest BCUT2D eigenvalue weighted by atomic mass is 16.5. The first kappa shape index (κ1) is 24.9. The van der Waals surface area contributed by atoms with Gasteiger partial charge in [-0.2, -0.15) is 5.26 Å². The molecule has 0 fully saturated rings. The number of nitriles is 1. The van der Waals surface area contributed by atoms with Crippen LogP contribution in [0.15, 0.2) is 18.2 Å². The van der Waals surface area contributed by atoms with Gasteiger partial charge in [0.05, 0.1) is 43.4 Å². The number of hydrogen-bond acceptors (Lipinski definition) is 7. The fourth-order valence-electron chi connectivity index (χ4n) is 2.77. The number of carbonyl (C=O) groups is 1. The van der Waals surface area contributed by atoms with E-state index in [-0.39, 0.29) is 25.6 Å². The van der Waals surface area contributed by atoms with Gasteiger partial charge in [-0.25, -0.2) is 0 Å². The summed E-state index contributed by atoms with van der Waals surface area (Å²) in [5.41, 5.74) is 7.19. The molecular weight excluding hydrogens is 376 g/mol. The Morgan fingerprint density at radius 1 is 1.31 bits per heavy atom. The van der Waals surface area contributed by atoms with Gasteiger partial charge in [0, 0.05) is 20.1 Å². The third kappa shape index (κ3) is 8.79. The molecule has 0 bridgehead atoms. The SMILES string of the molecule is COCCCOc1cc(COCC(N)C(O)CC(C(=O)O)C(C)C)ccc1C#N. The summed E-state index contributed by atoms with van der Waals surface area (Å²) in [5, 5.41) is 28.6. The predicted molar refractivity (Wildman–Crippen MR) is 107 cm³/mol. The maximum absolute atomic E-state index is 11.3. The lowest BCUT2D eigenvalue weighted by molar-refractivity contribution is -0.144. The number of carboxylic acid groups (broad SMARTS) is 1. The summed E-state index contributed by atoms with van der Waals surface area (Å²) in [6.45, 7) is 4.92. The fraction of sp³-hybridized carbons (Fsp3) is 0.619. The van der Waals surface area contributed by atoms with Crippen molar-refractivity contribution in [3.8, 4) is 11.8 Å². The Morgan fingerprint density at radius 3 is 2.62 bits per heavy atom. The van der Waals surface area contributed by atoms with Crippen molar-refractivity contribution < 1.29 is 29.2 Å². The van der Waals surface area contributed by atoms with Crippen LogP contribution in [0.1, 0.15) is 37.8 Å². The lowest BCUT2D eigenvalue weighted by atomic mass is 9.88. The average molecular weight is 408 g/mol. The van der Waals surface area contributed by atoms with Crippen LogP contribution < -0.4 is 10.5 Å². The highest BCUT2D eigenvalue weighted by molar-refractivity contribution is 5.70. The number of benzene rings is 1. The number of aliphatic hydroxyl groups is 1. The van der Waals surface area contributed by atoms with E-state index in [2.05, 4.69) is 6.07 Å². The molecule has 1 aromatic rings. The summed E-state index contributed by atoms with van der Waals surface area (Å²) in [4.78, 5) is 11.3. The van der Waals surface area contributed by atoms with Gasteiger partial charge in [-0.05, 0) is 30.0 Å². The number of aliphatic carboxylic acids is 1. The van der Waals surface area contributed by atoms with Gasteiger partial charge in [-0.3, -0.25) is 4.79 Å². The molecule has 0 saturated carbocycles. The summed E-state index contributed by atoms with van der Waals surface area (Å²) in [6.07, 6.45) is -0.185. The van der Waals surface area contributed by atoms with E-state index in [0.717, 1.165) is 5.56 Å². The Morgan fingerprint density at radius 2 is 2.03 bits per heavy atom. The minimum atomic E-state index is -0.973. The zero-order valence-electron chi connectivity index (χ0n) is 17.3. The number of nitrogens with two attached hydrogens (primary N) is 1. The first-order valence-corrected chi connectivity index (χ1v) is 9.69. The highest BCUT2D eigenvalue weighted by Crippen LogP contribution is 2.21. The Labute approximate surface area is 172 Å². The Bertz CT molecular complexity index is 674. The summed E-state index contributed by atoms with van der Waals surface area (Å²) in [7, 11) is 1.62. The van der Waals surface area contributed by atoms with Crippen molar-refractivity contribution in [1.29, 1.82) is 5.26 Å². The van der Waals surface area contributed by atoms with E-state index in [9.17, 15) is 20.3 Å². The number of ether oxygens (including phenoxy) is 3. The van der Waals surface area contributed by atoms with Gasteiger partial charge in [0.25, 0.3) is 0 Å². The minimum absolute atomic E-state index is 0.0772. The molecule has 29 heavy (non-hydrogen) atoms. The molecule has 0 aliphatic rings. The summed E-state index contributed by atoms with van der Waals surface area (Å²) in [5.74, 6) is -1.22. The van der Waals surface area contributed by atoms with Crippen molar-refractivity contribution in [3.05, 3.63) is 29.3 Å². The van der Waals surface area contributed by atoms with Crippen molar-refractivity contribution in [2.75, 3.05) is 26.9 Å². The van der Waals surface area contributed by atoms with Crippen LogP contribution in [-0.2, 0) is 20.9 Å². The maximum Gasteiger partial charge on any atom is 0.306 e. The molecule has 0 amide bonds. The molecule has 0 spiro atoms. The molecule has 8 nitrogen and oxygen atoms in total. The molecule has 3 atom stereocenters. The standard InChI is InChI=1S/C21H32N2O6/c1-14(2)17(21(25)26)10-19(24)18(23)13-28-12-15-5-6-16(11-22)20(9-15)29-8-4-7-27-3/h5-6,9,14,17-19,24H,4,7-8,10,12-13,23H2,1-3H3,(H,25,26). The molecular formula is C21H32N2O6. The molecule has 0 aliphatic carbocycles. The third-order valence-electron chi connectivity index (χ3n) is 4.61. The number of rotatable bonds is 14. The van der Waals surface area contributed by atoms with Crippen LogP contribution in [0, 0.1) is 23.2 Å². The van der Waals surface area contributed by atoms with E-state index >= 15 is 0 Å². The van der Waals surface area contributed by atoms with Gasteiger partial charge in [-0.1, -0.05) is 19.9 Å². The second kappa shape index (κ2) is 13.1. The molecule has 0 aliphatic heterocycles. The first-order valence-electron chi connectivity index (χ1n) is 9.69. The van der Waals surface area contributed by atoms with E-state index in [1.807, 2.05) is 0 Å². The fourth-order valence-corrected chi connectivity index (χ4v) is 2.77. The normalized spacial score (nSPS) is 14.2. The molecule has 0 radical (unpaired) electrons. The Hall–Kier alpha value is -2.18. The monoisotopic (exact) mass is 408 g/mol. The molecule has 1 rings (SSSR count). The Kier molecular flexibility index (Phi) is 11.2. The van der Waals surface area contributed by atoms with Crippen molar-refractivity contribution in [2.24, 2.45) is 17.6 Å².